The standard InChI is InChI=1S/C17H32N4O2.2ClH/c1-3-9-20(2)13-16(22)21-10-5-6-14(12-21)11-19-17(23)15-7-4-8-18-15;;/h14-15,18H,3-13H2,1-2H3,(H,19,23);2*1H. The highest BCUT2D eigenvalue weighted by molar-refractivity contribution is 5.85. The van der Waals surface area contributed by atoms with Gasteiger partial charge in [0.15, 0.2) is 0 Å². The van der Waals surface area contributed by atoms with E-state index < -0.39 is 0 Å². The molecule has 2 unspecified atom stereocenters. The highest BCUT2D eigenvalue weighted by Gasteiger charge is 2.26. The number of nitrogens with one attached hydrogen (secondary N) is 2. The van der Waals surface area contributed by atoms with Crippen LogP contribution in [0.25, 0.3) is 0 Å². The van der Waals surface area contributed by atoms with Crippen molar-refractivity contribution < 1.29 is 9.59 Å². The van der Waals surface area contributed by atoms with Gasteiger partial charge in [-0.15, -0.1) is 24.8 Å². The van der Waals surface area contributed by atoms with E-state index in [1.807, 2.05) is 11.9 Å². The van der Waals surface area contributed by atoms with Crippen molar-refractivity contribution >= 4 is 36.6 Å². The van der Waals surface area contributed by atoms with Gasteiger partial charge >= 0.3 is 0 Å². The average molecular weight is 397 g/mol. The number of likely N-dealkylation sites (N-methyl/N-ethyl adjacent to an activating group) is 1. The van der Waals surface area contributed by atoms with E-state index in [9.17, 15) is 9.59 Å². The third-order valence-corrected chi connectivity index (χ3v) is 4.82. The number of carbonyl (C=O) groups excluding carboxylic acids is 2. The summed E-state index contributed by atoms with van der Waals surface area (Å²) in [5, 5.41) is 6.29. The minimum absolute atomic E-state index is 0. The fraction of sp³-hybridized carbons (Fsp3) is 0.882. The van der Waals surface area contributed by atoms with Gasteiger partial charge in [-0.05, 0) is 58.2 Å². The van der Waals surface area contributed by atoms with Gasteiger partial charge in [0.2, 0.25) is 11.8 Å². The molecule has 0 spiro atoms. The van der Waals surface area contributed by atoms with Crippen molar-refractivity contribution in [2.45, 2.75) is 45.1 Å². The van der Waals surface area contributed by atoms with Crippen molar-refractivity contribution in [1.82, 2.24) is 20.4 Å². The number of hydrogen-bond donors (Lipinski definition) is 2. The molecule has 2 heterocycles. The summed E-state index contributed by atoms with van der Waals surface area (Å²) in [7, 11) is 2.00. The van der Waals surface area contributed by atoms with Crippen LogP contribution in [-0.4, -0.2) is 74.0 Å². The van der Waals surface area contributed by atoms with Crippen LogP contribution in [0, 0.1) is 5.92 Å². The van der Waals surface area contributed by atoms with E-state index in [1.165, 1.54) is 0 Å². The summed E-state index contributed by atoms with van der Waals surface area (Å²) < 4.78 is 0. The van der Waals surface area contributed by atoms with Crippen LogP contribution in [0.4, 0.5) is 0 Å². The Bertz CT molecular complexity index is 406. The van der Waals surface area contributed by atoms with Gasteiger partial charge in [-0.25, -0.2) is 0 Å². The van der Waals surface area contributed by atoms with Crippen molar-refractivity contribution in [2.24, 2.45) is 5.92 Å². The molecule has 2 aliphatic heterocycles. The van der Waals surface area contributed by atoms with Crippen LogP contribution in [0.5, 0.6) is 0 Å². The lowest BCUT2D eigenvalue weighted by Crippen LogP contribution is -2.48. The molecule has 0 aliphatic carbocycles. The van der Waals surface area contributed by atoms with E-state index in [2.05, 4.69) is 22.5 Å². The summed E-state index contributed by atoms with van der Waals surface area (Å²) in [6.07, 6.45) is 5.20. The highest BCUT2D eigenvalue weighted by atomic mass is 35.5. The van der Waals surface area contributed by atoms with Crippen LogP contribution in [0.15, 0.2) is 0 Å². The average Bonchev–Trinajstić information content (AvgIpc) is 3.07. The molecule has 2 aliphatic rings. The summed E-state index contributed by atoms with van der Waals surface area (Å²) >= 11 is 0. The molecule has 148 valence electrons. The normalized spacial score (nSPS) is 22.9. The monoisotopic (exact) mass is 396 g/mol. The van der Waals surface area contributed by atoms with Crippen LogP contribution < -0.4 is 10.6 Å². The maximum atomic E-state index is 12.4. The molecular weight excluding hydrogens is 363 g/mol. The Balaban J connectivity index is 0.00000288. The van der Waals surface area contributed by atoms with Gasteiger partial charge in [0.25, 0.3) is 0 Å². The number of hydrogen-bond acceptors (Lipinski definition) is 4. The molecule has 2 amide bonds. The molecule has 8 heteroatoms. The quantitative estimate of drug-likeness (QED) is 0.680. The van der Waals surface area contributed by atoms with Crippen LogP contribution in [0.3, 0.4) is 0 Å². The third-order valence-electron chi connectivity index (χ3n) is 4.82. The third kappa shape index (κ3) is 8.11. The molecular formula is C17H34Cl2N4O2. The van der Waals surface area contributed by atoms with Gasteiger partial charge in [0, 0.05) is 19.6 Å². The van der Waals surface area contributed by atoms with Crippen LogP contribution in [0.1, 0.15) is 39.0 Å². The van der Waals surface area contributed by atoms with Crippen molar-refractivity contribution in [1.29, 1.82) is 0 Å². The molecule has 0 aromatic rings. The molecule has 2 saturated heterocycles. The highest BCUT2D eigenvalue weighted by Crippen LogP contribution is 2.16. The lowest BCUT2D eigenvalue weighted by molar-refractivity contribution is -0.133. The number of likely N-dealkylation sites (tertiary alicyclic amines) is 1. The molecule has 0 bridgehead atoms. The predicted molar refractivity (Wildman–Crippen MR) is 106 cm³/mol. The Morgan fingerprint density at radius 2 is 2.00 bits per heavy atom. The van der Waals surface area contributed by atoms with Gasteiger partial charge < -0.3 is 15.5 Å². The van der Waals surface area contributed by atoms with Crippen LogP contribution >= 0.6 is 24.8 Å². The summed E-state index contributed by atoms with van der Waals surface area (Å²) in [5.41, 5.74) is 0. The van der Waals surface area contributed by atoms with E-state index in [4.69, 9.17) is 0 Å². The van der Waals surface area contributed by atoms with Gasteiger partial charge in [-0.3, -0.25) is 14.5 Å². The zero-order valence-electron chi connectivity index (χ0n) is 15.5. The summed E-state index contributed by atoms with van der Waals surface area (Å²) in [5.74, 6) is 0.720. The zero-order valence-corrected chi connectivity index (χ0v) is 17.1. The molecule has 2 atom stereocenters. The zero-order chi connectivity index (χ0) is 16.7. The second-order valence-corrected chi connectivity index (χ2v) is 6.98. The maximum Gasteiger partial charge on any atom is 0.237 e. The first kappa shape index (κ1) is 24.4. The summed E-state index contributed by atoms with van der Waals surface area (Å²) in [4.78, 5) is 28.5. The first-order chi connectivity index (χ1) is 11.1. The number of amides is 2. The van der Waals surface area contributed by atoms with E-state index in [0.717, 1.165) is 58.3 Å². The second-order valence-electron chi connectivity index (χ2n) is 6.98. The number of carbonyl (C=O) groups is 2. The minimum Gasteiger partial charge on any atom is -0.354 e. The van der Waals surface area contributed by atoms with E-state index in [0.29, 0.717) is 19.0 Å². The fourth-order valence-corrected chi connectivity index (χ4v) is 3.53. The molecule has 2 rings (SSSR count). The first-order valence-corrected chi connectivity index (χ1v) is 9.07. The lowest BCUT2D eigenvalue weighted by Gasteiger charge is -2.34. The second kappa shape index (κ2) is 12.7. The fourth-order valence-electron chi connectivity index (χ4n) is 3.53. The van der Waals surface area contributed by atoms with E-state index >= 15 is 0 Å². The Kier molecular flexibility index (Phi) is 12.5. The Hall–Kier alpha value is -0.560. The molecule has 0 radical (unpaired) electrons. The first-order valence-electron chi connectivity index (χ1n) is 9.07. The van der Waals surface area contributed by atoms with Gasteiger partial charge in [-0.1, -0.05) is 6.92 Å². The van der Waals surface area contributed by atoms with E-state index in [1.54, 1.807) is 0 Å². The Morgan fingerprint density at radius 1 is 1.24 bits per heavy atom. The largest absolute Gasteiger partial charge is 0.354 e. The number of nitrogens with zero attached hydrogens (tertiary/aromatic N) is 2. The number of halogens is 2. The van der Waals surface area contributed by atoms with Gasteiger partial charge in [0.1, 0.15) is 0 Å². The van der Waals surface area contributed by atoms with Crippen molar-refractivity contribution in [3.8, 4) is 0 Å². The molecule has 2 fully saturated rings. The van der Waals surface area contributed by atoms with Crippen LogP contribution in [0.2, 0.25) is 0 Å². The molecule has 0 aromatic carbocycles. The molecule has 0 aromatic heterocycles. The van der Waals surface area contributed by atoms with Crippen molar-refractivity contribution in [2.75, 3.05) is 46.3 Å². The number of rotatable bonds is 7. The summed E-state index contributed by atoms with van der Waals surface area (Å²) in [6.45, 7) is 6.83. The molecule has 25 heavy (non-hydrogen) atoms. The topological polar surface area (TPSA) is 64.7 Å². The molecule has 6 nitrogen and oxygen atoms in total. The Labute approximate surface area is 164 Å². The number of piperidine rings is 1. The predicted octanol–water partition coefficient (Wildman–Crippen LogP) is 1.28. The lowest BCUT2D eigenvalue weighted by atomic mass is 9.97. The van der Waals surface area contributed by atoms with Crippen molar-refractivity contribution in [3.05, 3.63) is 0 Å². The minimum atomic E-state index is -0.0148. The Morgan fingerprint density at radius 3 is 2.64 bits per heavy atom. The van der Waals surface area contributed by atoms with E-state index in [-0.39, 0.29) is 42.7 Å². The van der Waals surface area contributed by atoms with Crippen LogP contribution in [-0.2, 0) is 9.59 Å². The van der Waals surface area contributed by atoms with Crippen molar-refractivity contribution in [3.63, 3.8) is 0 Å². The smallest absolute Gasteiger partial charge is 0.237 e. The molecule has 0 saturated carbocycles. The maximum absolute atomic E-state index is 12.4. The summed E-state index contributed by atoms with van der Waals surface area (Å²) in [6, 6.07) is -0.0148. The van der Waals surface area contributed by atoms with Gasteiger partial charge in [0.05, 0.1) is 12.6 Å². The SMILES string of the molecule is CCCN(C)CC(=O)N1CCCC(CNC(=O)C2CCCN2)C1.Cl.Cl. The molecule has 2 N–H and O–H groups in total. The van der Waals surface area contributed by atoms with Gasteiger partial charge in [-0.2, -0.15) is 0 Å².